The average molecular weight is 316 g/mol. The number of piperidine rings is 1. The summed E-state index contributed by atoms with van der Waals surface area (Å²) in [6.07, 6.45) is 5.23. The van der Waals surface area contributed by atoms with Crippen LogP contribution in [0.4, 0.5) is 0 Å². The van der Waals surface area contributed by atoms with E-state index in [1.165, 1.54) is 6.42 Å². The Morgan fingerprint density at radius 2 is 2.17 bits per heavy atom. The molecule has 3 rings (SSSR count). The second-order valence-electron chi connectivity index (χ2n) is 6.16. The molecule has 2 atom stereocenters. The highest BCUT2D eigenvalue weighted by Gasteiger charge is 2.22. The molecule has 0 aliphatic carbocycles. The van der Waals surface area contributed by atoms with E-state index < -0.39 is 6.10 Å². The predicted molar refractivity (Wildman–Crippen MR) is 87.1 cm³/mol. The molecular weight excluding hydrogens is 292 g/mol. The third-order valence-electron chi connectivity index (χ3n) is 4.17. The Morgan fingerprint density at radius 1 is 1.30 bits per heavy atom. The Hall–Kier alpha value is -1.92. The van der Waals surface area contributed by atoms with Crippen LogP contribution >= 0.6 is 0 Å². The van der Waals surface area contributed by atoms with Crippen LogP contribution in [0.2, 0.25) is 0 Å². The number of hydrogen-bond acceptors (Lipinski definition) is 5. The highest BCUT2D eigenvalue weighted by Crippen LogP contribution is 2.18. The van der Waals surface area contributed by atoms with E-state index in [2.05, 4.69) is 15.0 Å². The van der Waals surface area contributed by atoms with E-state index in [1.807, 2.05) is 35.0 Å². The SMILES string of the molecule is O[C@H](COc1ccccc1)CN1CCC[C@@H](Cn2cncn2)C1. The highest BCUT2D eigenvalue weighted by molar-refractivity contribution is 5.20. The summed E-state index contributed by atoms with van der Waals surface area (Å²) in [6, 6.07) is 9.62. The van der Waals surface area contributed by atoms with Crippen molar-refractivity contribution in [2.24, 2.45) is 5.92 Å². The summed E-state index contributed by atoms with van der Waals surface area (Å²) >= 11 is 0. The lowest BCUT2D eigenvalue weighted by molar-refractivity contribution is 0.0495. The van der Waals surface area contributed by atoms with Crippen molar-refractivity contribution in [2.75, 3.05) is 26.2 Å². The first-order valence-electron chi connectivity index (χ1n) is 8.20. The molecule has 23 heavy (non-hydrogen) atoms. The van der Waals surface area contributed by atoms with Gasteiger partial charge in [-0.2, -0.15) is 5.10 Å². The molecule has 2 heterocycles. The van der Waals surface area contributed by atoms with Gasteiger partial charge in [-0.05, 0) is 37.4 Å². The van der Waals surface area contributed by atoms with E-state index in [9.17, 15) is 5.11 Å². The second-order valence-corrected chi connectivity index (χ2v) is 6.16. The fraction of sp³-hybridized carbons (Fsp3) is 0.529. The molecule has 1 aromatic heterocycles. The standard InChI is InChI=1S/C17H24N4O2/c22-16(12-23-17-6-2-1-3-7-17)11-20-8-4-5-15(9-20)10-21-14-18-13-19-21/h1-3,6-7,13-16,22H,4-5,8-12H2/t15-,16+/m1/s1. The lowest BCUT2D eigenvalue weighted by Gasteiger charge is -2.33. The van der Waals surface area contributed by atoms with Gasteiger partial charge < -0.3 is 14.7 Å². The molecule has 1 saturated heterocycles. The Balaban J connectivity index is 1.41. The summed E-state index contributed by atoms with van der Waals surface area (Å²) < 4.78 is 7.51. The van der Waals surface area contributed by atoms with Crippen molar-refractivity contribution >= 4 is 0 Å². The topological polar surface area (TPSA) is 63.4 Å². The monoisotopic (exact) mass is 316 g/mol. The van der Waals surface area contributed by atoms with Crippen LogP contribution in [-0.2, 0) is 6.54 Å². The second kappa shape index (κ2) is 8.08. The van der Waals surface area contributed by atoms with Crippen LogP contribution in [0, 0.1) is 5.92 Å². The number of rotatable bonds is 7. The van der Waals surface area contributed by atoms with Crippen molar-refractivity contribution in [1.82, 2.24) is 19.7 Å². The van der Waals surface area contributed by atoms with Gasteiger partial charge in [-0.1, -0.05) is 18.2 Å². The zero-order valence-electron chi connectivity index (χ0n) is 13.3. The Kier molecular flexibility index (Phi) is 5.60. The van der Waals surface area contributed by atoms with Crippen molar-refractivity contribution in [3.05, 3.63) is 43.0 Å². The van der Waals surface area contributed by atoms with E-state index in [1.54, 1.807) is 12.7 Å². The molecule has 0 unspecified atom stereocenters. The number of aliphatic hydroxyl groups excluding tert-OH is 1. The maximum Gasteiger partial charge on any atom is 0.137 e. The molecule has 6 heteroatoms. The largest absolute Gasteiger partial charge is 0.491 e. The van der Waals surface area contributed by atoms with Gasteiger partial charge in [-0.15, -0.1) is 0 Å². The van der Waals surface area contributed by atoms with Crippen LogP contribution in [0.1, 0.15) is 12.8 Å². The Bertz CT molecular complexity index is 561. The number of para-hydroxylation sites is 1. The maximum absolute atomic E-state index is 10.2. The van der Waals surface area contributed by atoms with Gasteiger partial charge >= 0.3 is 0 Å². The third-order valence-corrected chi connectivity index (χ3v) is 4.17. The van der Waals surface area contributed by atoms with Crippen molar-refractivity contribution < 1.29 is 9.84 Å². The first-order valence-corrected chi connectivity index (χ1v) is 8.20. The molecule has 0 radical (unpaired) electrons. The van der Waals surface area contributed by atoms with Gasteiger partial charge in [0.25, 0.3) is 0 Å². The van der Waals surface area contributed by atoms with E-state index in [4.69, 9.17) is 4.74 Å². The van der Waals surface area contributed by atoms with Gasteiger partial charge in [-0.25, -0.2) is 4.98 Å². The van der Waals surface area contributed by atoms with Crippen LogP contribution in [0.5, 0.6) is 5.75 Å². The number of hydrogen-bond donors (Lipinski definition) is 1. The van der Waals surface area contributed by atoms with Gasteiger partial charge in [0.05, 0.1) is 0 Å². The summed E-state index contributed by atoms with van der Waals surface area (Å²) in [5, 5.41) is 14.4. The first-order chi connectivity index (χ1) is 11.3. The molecule has 0 bridgehead atoms. The molecule has 1 aromatic carbocycles. The zero-order chi connectivity index (χ0) is 15.9. The number of ether oxygens (including phenoxy) is 1. The highest BCUT2D eigenvalue weighted by atomic mass is 16.5. The van der Waals surface area contributed by atoms with E-state index in [0.717, 1.165) is 31.8 Å². The zero-order valence-corrected chi connectivity index (χ0v) is 13.3. The molecular formula is C17H24N4O2. The molecule has 0 spiro atoms. The number of benzene rings is 1. The predicted octanol–water partition coefficient (Wildman–Crippen LogP) is 1.43. The number of aromatic nitrogens is 3. The third kappa shape index (κ3) is 5.04. The molecule has 0 amide bonds. The van der Waals surface area contributed by atoms with Crippen molar-refractivity contribution in [3.8, 4) is 5.75 Å². The smallest absolute Gasteiger partial charge is 0.137 e. The first kappa shape index (κ1) is 16.0. The average Bonchev–Trinajstić information content (AvgIpc) is 3.07. The van der Waals surface area contributed by atoms with Crippen molar-refractivity contribution in [2.45, 2.75) is 25.5 Å². The molecule has 6 nitrogen and oxygen atoms in total. The summed E-state index contributed by atoms with van der Waals surface area (Å²) in [4.78, 5) is 6.31. The molecule has 0 saturated carbocycles. The van der Waals surface area contributed by atoms with E-state index in [-0.39, 0.29) is 0 Å². The van der Waals surface area contributed by atoms with Crippen LogP contribution in [-0.4, -0.2) is 57.1 Å². The molecule has 1 fully saturated rings. The molecule has 1 aliphatic rings. The van der Waals surface area contributed by atoms with Crippen LogP contribution in [0.3, 0.4) is 0 Å². The van der Waals surface area contributed by atoms with Crippen LogP contribution in [0.15, 0.2) is 43.0 Å². The van der Waals surface area contributed by atoms with Gasteiger partial charge in [0.2, 0.25) is 0 Å². The van der Waals surface area contributed by atoms with Crippen LogP contribution < -0.4 is 4.74 Å². The minimum Gasteiger partial charge on any atom is -0.491 e. The Labute approximate surface area is 136 Å². The lowest BCUT2D eigenvalue weighted by Crippen LogP contribution is -2.42. The van der Waals surface area contributed by atoms with Gasteiger partial charge in [0.15, 0.2) is 0 Å². The van der Waals surface area contributed by atoms with Crippen LogP contribution in [0.25, 0.3) is 0 Å². The molecule has 1 N–H and O–H groups in total. The quantitative estimate of drug-likeness (QED) is 0.837. The fourth-order valence-electron chi connectivity index (χ4n) is 3.12. The van der Waals surface area contributed by atoms with Crippen molar-refractivity contribution in [1.29, 1.82) is 0 Å². The number of aliphatic hydroxyl groups is 1. The maximum atomic E-state index is 10.2. The van der Waals surface area contributed by atoms with Crippen molar-refractivity contribution in [3.63, 3.8) is 0 Å². The Morgan fingerprint density at radius 3 is 2.96 bits per heavy atom. The minimum atomic E-state index is -0.472. The van der Waals surface area contributed by atoms with E-state index in [0.29, 0.717) is 19.1 Å². The summed E-state index contributed by atoms with van der Waals surface area (Å²) in [5.41, 5.74) is 0. The van der Waals surface area contributed by atoms with E-state index >= 15 is 0 Å². The number of nitrogens with zero attached hydrogens (tertiary/aromatic N) is 4. The molecule has 2 aromatic rings. The summed E-state index contributed by atoms with van der Waals surface area (Å²) in [5.74, 6) is 1.36. The summed E-state index contributed by atoms with van der Waals surface area (Å²) in [7, 11) is 0. The molecule has 124 valence electrons. The van der Waals surface area contributed by atoms with Gasteiger partial charge in [0, 0.05) is 19.6 Å². The normalized spacial score (nSPS) is 20.3. The number of likely N-dealkylation sites (tertiary alicyclic amines) is 1. The number of β-amino-alcohol motifs (C(OH)–C–C–N with tert-alkyl or cyclic N) is 1. The van der Waals surface area contributed by atoms with Gasteiger partial charge in [-0.3, -0.25) is 4.68 Å². The fourth-order valence-corrected chi connectivity index (χ4v) is 3.12. The summed E-state index contributed by atoms with van der Waals surface area (Å²) in [6.45, 7) is 3.90. The minimum absolute atomic E-state index is 0.328. The van der Waals surface area contributed by atoms with Gasteiger partial charge in [0.1, 0.15) is 31.1 Å². The lowest BCUT2D eigenvalue weighted by atomic mass is 9.98. The molecule has 1 aliphatic heterocycles.